The van der Waals surface area contributed by atoms with Gasteiger partial charge in [0.1, 0.15) is 0 Å². The molecule has 0 radical (unpaired) electrons. The Balaban J connectivity index is 2.09. The van der Waals surface area contributed by atoms with Crippen molar-refractivity contribution in [2.75, 3.05) is 13.7 Å². The summed E-state index contributed by atoms with van der Waals surface area (Å²) in [5.41, 5.74) is 7.42. The van der Waals surface area contributed by atoms with E-state index in [-0.39, 0.29) is 6.04 Å². The maximum absolute atomic E-state index is 6.45. The lowest BCUT2D eigenvalue weighted by Gasteiger charge is -2.31. The van der Waals surface area contributed by atoms with Crippen molar-refractivity contribution >= 4 is 11.6 Å². The highest BCUT2D eigenvalue weighted by Gasteiger charge is 2.28. The van der Waals surface area contributed by atoms with Crippen molar-refractivity contribution < 1.29 is 4.74 Å². The second-order valence-corrected chi connectivity index (χ2v) is 6.05. The van der Waals surface area contributed by atoms with Gasteiger partial charge >= 0.3 is 0 Å². The highest BCUT2D eigenvalue weighted by Crippen LogP contribution is 2.37. The molecule has 1 aromatic heterocycles. The largest absolute Gasteiger partial charge is 0.383 e. The Morgan fingerprint density at radius 1 is 1.47 bits per heavy atom. The number of hydrogen-bond acceptors (Lipinski definition) is 3. The molecule has 19 heavy (non-hydrogen) atoms. The molecule has 0 aliphatic heterocycles. The molecule has 2 N–H and O–H groups in total. The lowest BCUT2D eigenvalue weighted by Crippen LogP contribution is -2.28. The van der Waals surface area contributed by atoms with Gasteiger partial charge in [0.05, 0.1) is 36.1 Å². The van der Waals surface area contributed by atoms with E-state index in [2.05, 4.69) is 12.0 Å². The van der Waals surface area contributed by atoms with Crippen molar-refractivity contribution in [3.05, 3.63) is 16.9 Å². The first-order valence-electron chi connectivity index (χ1n) is 7.09. The Labute approximate surface area is 120 Å². The first kappa shape index (κ1) is 14.8. The predicted octanol–water partition coefficient (Wildman–Crippen LogP) is 3.01. The molecule has 1 saturated carbocycles. The Morgan fingerprint density at radius 2 is 2.16 bits per heavy atom. The van der Waals surface area contributed by atoms with E-state index < -0.39 is 0 Å². The lowest BCUT2D eigenvalue weighted by atomic mass is 9.78. The fourth-order valence-corrected chi connectivity index (χ4v) is 3.19. The minimum atomic E-state index is -0.0145. The summed E-state index contributed by atoms with van der Waals surface area (Å²) in [6.45, 7) is 3.65. The molecule has 1 aromatic rings. The molecule has 4 nitrogen and oxygen atoms in total. The molecule has 2 rings (SSSR count). The molecule has 1 aliphatic carbocycles. The molecule has 0 amide bonds. The third-order valence-electron chi connectivity index (χ3n) is 4.22. The van der Waals surface area contributed by atoms with Crippen LogP contribution in [0.5, 0.6) is 0 Å². The van der Waals surface area contributed by atoms with E-state index in [0.29, 0.717) is 24.1 Å². The van der Waals surface area contributed by atoms with E-state index in [9.17, 15) is 0 Å². The van der Waals surface area contributed by atoms with Crippen molar-refractivity contribution in [2.45, 2.75) is 45.2 Å². The number of ether oxygens (including phenoxy) is 1. The number of aromatic nitrogens is 2. The van der Waals surface area contributed by atoms with Gasteiger partial charge in [0.2, 0.25) is 0 Å². The monoisotopic (exact) mass is 285 g/mol. The molecular weight excluding hydrogens is 262 g/mol. The summed E-state index contributed by atoms with van der Waals surface area (Å²) in [6, 6.07) is -0.0145. The van der Waals surface area contributed by atoms with Crippen LogP contribution in [0.15, 0.2) is 6.20 Å². The fourth-order valence-electron chi connectivity index (χ4n) is 2.93. The minimum Gasteiger partial charge on any atom is -0.383 e. The van der Waals surface area contributed by atoms with Gasteiger partial charge in [0.25, 0.3) is 0 Å². The minimum absolute atomic E-state index is 0.0145. The zero-order valence-electron chi connectivity index (χ0n) is 11.8. The molecule has 1 heterocycles. The highest BCUT2D eigenvalue weighted by atomic mass is 35.5. The van der Waals surface area contributed by atoms with Gasteiger partial charge in [-0.2, -0.15) is 5.10 Å². The molecule has 108 valence electrons. The van der Waals surface area contributed by atoms with Crippen molar-refractivity contribution in [2.24, 2.45) is 17.6 Å². The van der Waals surface area contributed by atoms with Gasteiger partial charge in [-0.3, -0.25) is 4.68 Å². The number of rotatable bonds is 5. The molecule has 1 fully saturated rings. The molecule has 5 heteroatoms. The molecule has 1 atom stereocenters. The molecule has 0 spiro atoms. The van der Waals surface area contributed by atoms with Crippen molar-refractivity contribution in [1.29, 1.82) is 0 Å². The second-order valence-electron chi connectivity index (χ2n) is 5.64. The van der Waals surface area contributed by atoms with E-state index in [1.54, 1.807) is 13.3 Å². The van der Waals surface area contributed by atoms with Crippen molar-refractivity contribution in [1.82, 2.24) is 9.78 Å². The van der Waals surface area contributed by atoms with Crippen LogP contribution in [0.3, 0.4) is 0 Å². The lowest BCUT2D eigenvalue weighted by molar-refractivity contribution is 0.179. The van der Waals surface area contributed by atoms with Gasteiger partial charge in [0.15, 0.2) is 0 Å². The van der Waals surface area contributed by atoms with E-state index in [1.807, 2.05) is 4.68 Å². The van der Waals surface area contributed by atoms with E-state index in [0.717, 1.165) is 11.6 Å². The summed E-state index contributed by atoms with van der Waals surface area (Å²) in [4.78, 5) is 0. The molecule has 1 unspecified atom stereocenters. The third-order valence-corrected chi connectivity index (χ3v) is 4.52. The Bertz CT molecular complexity index is 399. The Kier molecular flexibility index (Phi) is 5.25. The number of hydrogen-bond donors (Lipinski definition) is 1. The van der Waals surface area contributed by atoms with Gasteiger partial charge < -0.3 is 10.5 Å². The van der Waals surface area contributed by atoms with Crippen LogP contribution in [0, 0.1) is 11.8 Å². The summed E-state index contributed by atoms with van der Waals surface area (Å²) in [5.74, 6) is 1.35. The third kappa shape index (κ3) is 3.50. The second kappa shape index (κ2) is 6.73. The number of nitrogens with zero attached hydrogens (tertiary/aromatic N) is 2. The fraction of sp³-hybridized carbons (Fsp3) is 0.786. The first-order chi connectivity index (χ1) is 9.13. The normalized spacial score (nSPS) is 25.5. The van der Waals surface area contributed by atoms with E-state index in [4.69, 9.17) is 22.1 Å². The van der Waals surface area contributed by atoms with Gasteiger partial charge in [-0.25, -0.2) is 0 Å². The van der Waals surface area contributed by atoms with Crippen LogP contribution in [0.1, 0.15) is 44.3 Å². The first-order valence-corrected chi connectivity index (χ1v) is 7.47. The standard InChI is InChI=1S/C14H24ClN3O/c1-10-3-5-11(6-4-10)13(16)14-12(15)9-17-18(14)7-8-19-2/h9-11,13H,3-8,16H2,1-2H3. The maximum Gasteiger partial charge on any atom is 0.0834 e. The van der Waals surface area contributed by atoms with Crippen LogP contribution in [0.25, 0.3) is 0 Å². The van der Waals surface area contributed by atoms with Crippen LogP contribution in [-0.4, -0.2) is 23.5 Å². The maximum atomic E-state index is 6.45. The van der Waals surface area contributed by atoms with Gasteiger partial charge in [-0.1, -0.05) is 31.4 Å². The van der Waals surface area contributed by atoms with Gasteiger partial charge in [-0.15, -0.1) is 0 Å². The molecule has 1 aliphatic rings. The summed E-state index contributed by atoms with van der Waals surface area (Å²) >= 11 is 6.26. The van der Waals surface area contributed by atoms with Crippen LogP contribution in [-0.2, 0) is 11.3 Å². The van der Waals surface area contributed by atoms with Crippen LogP contribution < -0.4 is 5.73 Å². The summed E-state index contributed by atoms with van der Waals surface area (Å²) in [5, 5.41) is 4.99. The quantitative estimate of drug-likeness (QED) is 0.905. The zero-order chi connectivity index (χ0) is 13.8. The zero-order valence-corrected chi connectivity index (χ0v) is 12.6. The molecular formula is C14H24ClN3O. The number of methoxy groups -OCH3 is 1. The van der Waals surface area contributed by atoms with Crippen molar-refractivity contribution in [3.8, 4) is 0 Å². The summed E-state index contributed by atoms with van der Waals surface area (Å²) < 4.78 is 7.00. The molecule has 0 aromatic carbocycles. The molecule has 0 saturated heterocycles. The van der Waals surface area contributed by atoms with E-state index in [1.165, 1.54) is 25.7 Å². The topological polar surface area (TPSA) is 53.1 Å². The Hall–Kier alpha value is -0.580. The van der Waals surface area contributed by atoms with Crippen LogP contribution >= 0.6 is 11.6 Å². The summed E-state index contributed by atoms with van der Waals surface area (Å²) in [6.07, 6.45) is 6.60. The highest BCUT2D eigenvalue weighted by molar-refractivity contribution is 6.31. The van der Waals surface area contributed by atoms with Gasteiger partial charge in [0, 0.05) is 7.11 Å². The summed E-state index contributed by atoms with van der Waals surface area (Å²) in [7, 11) is 1.69. The van der Waals surface area contributed by atoms with Crippen LogP contribution in [0.2, 0.25) is 5.02 Å². The number of halogens is 1. The van der Waals surface area contributed by atoms with Crippen molar-refractivity contribution in [3.63, 3.8) is 0 Å². The number of nitrogens with two attached hydrogens (primary N) is 1. The molecule has 0 bridgehead atoms. The predicted molar refractivity (Wildman–Crippen MR) is 77.2 cm³/mol. The van der Waals surface area contributed by atoms with Crippen LogP contribution in [0.4, 0.5) is 0 Å². The SMILES string of the molecule is COCCn1ncc(Cl)c1C(N)C1CCC(C)CC1. The smallest absolute Gasteiger partial charge is 0.0834 e. The van der Waals surface area contributed by atoms with E-state index >= 15 is 0 Å². The Morgan fingerprint density at radius 3 is 2.79 bits per heavy atom. The van der Waals surface area contributed by atoms with Gasteiger partial charge in [-0.05, 0) is 24.7 Å². The average molecular weight is 286 g/mol. The average Bonchev–Trinajstić information content (AvgIpc) is 2.77.